The third kappa shape index (κ3) is 7.21. The van der Waals surface area contributed by atoms with E-state index in [1.54, 1.807) is 17.7 Å². The summed E-state index contributed by atoms with van der Waals surface area (Å²) >= 11 is 1.77. The van der Waals surface area contributed by atoms with E-state index in [9.17, 15) is 9.90 Å². The van der Waals surface area contributed by atoms with Gasteiger partial charge in [0, 0.05) is 57.5 Å². The van der Waals surface area contributed by atoms with E-state index in [0.717, 1.165) is 47.2 Å². The van der Waals surface area contributed by atoms with Crippen molar-refractivity contribution in [1.29, 1.82) is 0 Å². The average molecular weight is 822 g/mol. The first-order valence-electron chi connectivity index (χ1n) is 16.4. The van der Waals surface area contributed by atoms with Crippen LogP contribution in [0.1, 0.15) is 78.4 Å². The second-order valence-corrected chi connectivity index (χ2v) is 14.1. The SMILES string of the molecule is CCC(C)(CC)C(=O)/C=C(\O)C(C)(CC)CC.Cc1cc2cc3sc4c(-c5[c-]cc6ccccc6c5)ncnc4c3cc2cc1C.[Ir]. The van der Waals surface area contributed by atoms with Crippen molar-refractivity contribution in [3.63, 3.8) is 0 Å². The summed E-state index contributed by atoms with van der Waals surface area (Å²) in [6, 6.07) is 25.1. The zero-order valence-corrected chi connectivity index (χ0v) is 32.0. The number of aromatic nitrogens is 2. The van der Waals surface area contributed by atoms with Crippen LogP contribution < -0.4 is 0 Å². The first-order valence-corrected chi connectivity index (χ1v) is 17.2. The Hall–Kier alpha value is -3.44. The smallest absolute Gasteiger partial charge is 0.164 e. The van der Waals surface area contributed by atoms with Gasteiger partial charge in [-0.25, -0.2) is 4.98 Å². The summed E-state index contributed by atoms with van der Waals surface area (Å²) in [7, 11) is 0. The van der Waals surface area contributed by atoms with Gasteiger partial charge in [0.15, 0.2) is 5.78 Å². The molecule has 0 spiro atoms. The molecule has 0 saturated carbocycles. The van der Waals surface area contributed by atoms with Crippen molar-refractivity contribution in [1.82, 2.24) is 9.97 Å². The van der Waals surface area contributed by atoms with E-state index < -0.39 is 0 Å². The van der Waals surface area contributed by atoms with Crippen LogP contribution in [0.15, 0.2) is 78.8 Å². The zero-order valence-electron chi connectivity index (χ0n) is 28.7. The molecule has 0 fully saturated rings. The number of rotatable bonds is 8. The summed E-state index contributed by atoms with van der Waals surface area (Å²) in [6.45, 7) is 16.4. The van der Waals surface area contributed by atoms with Crippen molar-refractivity contribution < 1.29 is 30.0 Å². The van der Waals surface area contributed by atoms with Crippen LogP contribution in [0, 0.1) is 30.7 Å². The van der Waals surface area contributed by atoms with Crippen molar-refractivity contribution in [3.8, 4) is 11.3 Å². The molecule has 0 aliphatic rings. The number of aliphatic hydroxyl groups excluding tert-OH is 1. The molecule has 1 N–H and O–H groups in total. The van der Waals surface area contributed by atoms with Gasteiger partial charge in [0.2, 0.25) is 0 Å². The molecule has 47 heavy (non-hydrogen) atoms. The molecule has 0 aliphatic carbocycles. The number of carbonyl (C=O) groups excluding carboxylic acids is 1. The minimum Gasteiger partial charge on any atom is -0.512 e. The number of aryl methyl sites for hydroxylation is 2. The average Bonchev–Trinajstić information content (AvgIpc) is 3.44. The van der Waals surface area contributed by atoms with Crippen molar-refractivity contribution in [2.24, 2.45) is 10.8 Å². The predicted octanol–water partition coefficient (Wildman–Crippen LogP) is 11.9. The third-order valence-electron chi connectivity index (χ3n) is 10.4. The summed E-state index contributed by atoms with van der Waals surface area (Å²) in [6.07, 6.45) is 6.43. The van der Waals surface area contributed by atoms with Gasteiger partial charge in [-0.15, -0.1) is 40.5 Å². The molecule has 0 saturated heterocycles. The molecule has 0 bridgehead atoms. The number of aliphatic hydroxyl groups is 1. The maximum absolute atomic E-state index is 12.2. The quantitative estimate of drug-likeness (QED) is 0.0944. The van der Waals surface area contributed by atoms with Crippen LogP contribution in [0.5, 0.6) is 0 Å². The van der Waals surface area contributed by atoms with Gasteiger partial charge < -0.3 is 5.11 Å². The Labute approximate surface area is 296 Å². The maximum atomic E-state index is 12.2. The number of nitrogens with zero attached hydrogens (tertiary/aromatic N) is 2. The summed E-state index contributed by atoms with van der Waals surface area (Å²) in [5, 5.41) is 16.3. The summed E-state index contributed by atoms with van der Waals surface area (Å²) in [4.78, 5) is 21.5. The molecule has 6 aromatic rings. The van der Waals surface area contributed by atoms with E-state index in [2.05, 4.69) is 84.5 Å². The van der Waals surface area contributed by atoms with Gasteiger partial charge in [0.1, 0.15) is 12.1 Å². The van der Waals surface area contributed by atoms with Gasteiger partial charge in [-0.2, -0.15) is 0 Å². The Morgan fingerprint density at radius 1 is 0.830 bits per heavy atom. The van der Waals surface area contributed by atoms with Crippen molar-refractivity contribution in [3.05, 3.63) is 96.0 Å². The summed E-state index contributed by atoms with van der Waals surface area (Å²) in [5.41, 5.74) is 5.03. The van der Waals surface area contributed by atoms with Crippen molar-refractivity contribution in [2.45, 2.75) is 81.1 Å². The van der Waals surface area contributed by atoms with Crippen LogP contribution in [-0.4, -0.2) is 20.9 Å². The molecular formula is C41H45IrN2O2S-. The Bertz CT molecular complexity index is 2090. The van der Waals surface area contributed by atoms with E-state index in [-0.39, 0.29) is 42.5 Å². The molecule has 0 aliphatic heterocycles. The first-order chi connectivity index (χ1) is 22.0. The maximum Gasteiger partial charge on any atom is 0.164 e. The molecule has 6 rings (SSSR count). The Balaban J connectivity index is 0.000000242. The number of hydrogen-bond donors (Lipinski definition) is 1. The molecule has 1 radical (unpaired) electrons. The van der Waals surface area contributed by atoms with Gasteiger partial charge in [-0.05, 0) is 73.6 Å². The fourth-order valence-electron chi connectivity index (χ4n) is 5.74. The van der Waals surface area contributed by atoms with Crippen molar-refractivity contribution >= 4 is 59.0 Å². The summed E-state index contributed by atoms with van der Waals surface area (Å²) < 4.78 is 2.37. The van der Waals surface area contributed by atoms with Crippen LogP contribution >= 0.6 is 11.3 Å². The molecule has 2 heterocycles. The normalized spacial score (nSPS) is 12.3. The van der Waals surface area contributed by atoms with Crippen LogP contribution in [-0.2, 0) is 24.9 Å². The Morgan fingerprint density at radius 3 is 2.04 bits per heavy atom. The van der Waals surface area contributed by atoms with E-state index in [1.807, 2.05) is 47.6 Å². The predicted molar refractivity (Wildman–Crippen MR) is 197 cm³/mol. The number of thiophene rings is 1. The standard InChI is InChI=1S/C26H17N2S.C15H28O2.Ir/c1-15-9-20-12-22-23(13-21(20)10-16(15)2)29-26-24(27-14-28-25(22)26)19-8-7-17-5-3-4-6-18(17)11-19;1-7-14(5,8-2)12(16)11-13(17)15(6,9-3)10-4;/h3-7,9-14H,1-2H3;11,16H,7-10H2,1-6H3;/q-1;;/b;12-11-;. The molecule has 6 heteroatoms. The van der Waals surface area contributed by atoms with Crippen molar-refractivity contribution in [2.75, 3.05) is 0 Å². The second kappa shape index (κ2) is 14.8. The van der Waals surface area contributed by atoms with E-state index in [1.165, 1.54) is 48.8 Å². The van der Waals surface area contributed by atoms with Crippen LogP contribution in [0.4, 0.5) is 0 Å². The molecule has 2 aromatic heterocycles. The van der Waals surface area contributed by atoms with Crippen LogP contribution in [0.3, 0.4) is 0 Å². The van der Waals surface area contributed by atoms with E-state index in [4.69, 9.17) is 0 Å². The fraction of sp³-hybridized carbons (Fsp3) is 0.341. The molecule has 247 valence electrons. The topological polar surface area (TPSA) is 63.1 Å². The van der Waals surface area contributed by atoms with Gasteiger partial charge in [0.25, 0.3) is 0 Å². The molecule has 4 aromatic carbocycles. The fourth-order valence-corrected chi connectivity index (χ4v) is 6.93. The number of benzene rings is 4. The number of hydrogen-bond acceptors (Lipinski definition) is 5. The van der Waals surface area contributed by atoms with E-state index in [0.29, 0.717) is 0 Å². The minimum absolute atomic E-state index is 0. The van der Waals surface area contributed by atoms with Crippen LogP contribution in [0.2, 0.25) is 0 Å². The largest absolute Gasteiger partial charge is 0.512 e. The number of allylic oxidation sites excluding steroid dienone is 2. The second-order valence-electron chi connectivity index (χ2n) is 13.0. The number of carbonyl (C=O) groups is 1. The third-order valence-corrected chi connectivity index (χ3v) is 11.5. The van der Waals surface area contributed by atoms with Crippen LogP contribution in [0.25, 0.3) is 53.1 Å². The molecule has 4 nitrogen and oxygen atoms in total. The monoisotopic (exact) mass is 822 g/mol. The first kappa shape index (κ1) is 36.4. The van der Waals surface area contributed by atoms with Gasteiger partial charge >= 0.3 is 0 Å². The molecule has 0 atom stereocenters. The number of ketones is 1. The summed E-state index contributed by atoms with van der Waals surface area (Å²) in [5.74, 6) is 0.286. The van der Waals surface area contributed by atoms with Gasteiger partial charge in [-0.1, -0.05) is 83.3 Å². The number of fused-ring (bicyclic) bond motifs is 5. The zero-order chi connectivity index (χ0) is 33.2. The molecule has 0 unspecified atom stereocenters. The van der Waals surface area contributed by atoms with Gasteiger partial charge in [-0.3, -0.25) is 9.78 Å². The minimum atomic E-state index is -0.337. The Kier molecular flexibility index (Phi) is 11.4. The van der Waals surface area contributed by atoms with Gasteiger partial charge in [0.05, 0.1) is 5.52 Å². The Morgan fingerprint density at radius 2 is 1.43 bits per heavy atom. The van der Waals surface area contributed by atoms with E-state index >= 15 is 0 Å². The molecular weight excluding hydrogens is 777 g/mol. The molecule has 0 amide bonds.